The van der Waals surface area contributed by atoms with Crippen LogP contribution < -0.4 is 0 Å². The monoisotopic (exact) mass is 424 g/mol. The molecule has 0 spiro atoms. The van der Waals surface area contributed by atoms with E-state index in [0.29, 0.717) is 0 Å². The van der Waals surface area contributed by atoms with E-state index in [9.17, 15) is 9.59 Å². The largest absolute Gasteiger partial charge is 0.481 e. The van der Waals surface area contributed by atoms with Gasteiger partial charge in [-0.3, -0.25) is 9.59 Å². The van der Waals surface area contributed by atoms with Crippen molar-refractivity contribution in [1.82, 2.24) is 0 Å². The summed E-state index contributed by atoms with van der Waals surface area (Å²) in [5.41, 5.74) is 5.97. The Bertz CT molecular complexity index is 1150. The Hall–Kier alpha value is -4.18. The van der Waals surface area contributed by atoms with E-state index in [1.54, 1.807) is 0 Å². The molecule has 0 aliphatic rings. The van der Waals surface area contributed by atoms with Crippen LogP contribution in [0, 0.1) is 0 Å². The molecule has 0 fully saturated rings. The minimum atomic E-state index is -0.802. The molecule has 0 aliphatic heterocycles. The summed E-state index contributed by atoms with van der Waals surface area (Å²) in [5.74, 6) is -1.60. The molecule has 0 atom stereocenters. The van der Waals surface area contributed by atoms with Gasteiger partial charge in [-0.2, -0.15) is 0 Å². The highest BCUT2D eigenvalue weighted by Gasteiger charge is 2.07. The number of hydrogen-bond acceptors (Lipinski definition) is 2. The number of aliphatic carboxylic acids is 2. The van der Waals surface area contributed by atoms with Crippen LogP contribution in [0.25, 0.3) is 22.3 Å². The second kappa shape index (κ2) is 11.3. The zero-order valence-corrected chi connectivity index (χ0v) is 17.5. The van der Waals surface area contributed by atoms with Gasteiger partial charge in [0.25, 0.3) is 0 Å². The molecule has 0 amide bonds. The van der Waals surface area contributed by atoms with Crippen LogP contribution in [0.3, 0.4) is 0 Å². The first-order valence-electron chi connectivity index (χ1n) is 10.2. The normalized spacial score (nSPS) is 10.0. The molecule has 4 rings (SSSR count). The van der Waals surface area contributed by atoms with Crippen LogP contribution in [-0.2, 0) is 22.4 Å². The predicted molar refractivity (Wildman–Crippen MR) is 126 cm³/mol. The fraction of sp³-hybridized carbons (Fsp3) is 0.0714. The van der Waals surface area contributed by atoms with E-state index in [0.717, 1.165) is 33.4 Å². The van der Waals surface area contributed by atoms with E-state index in [1.807, 2.05) is 109 Å². The van der Waals surface area contributed by atoms with Gasteiger partial charge < -0.3 is 10.2 Å². The number of benzene rings is 4. The molecular weight excluding hydrogens is 400 g/mol. The second-order valence-electron chi connectivity index (χ2n) is 7.23. The highest BCUT2D eigenvalue weighted by molar-refractivity contribution is 5.76. The van der Waals surface area contributed by atoms with Gasteiger partial charge in [0.1, 0.15) is 0 Å². The number of rotatable bonds is 6. The van der Waals surface area contributed by atoms with Gasteiger partial charge in [0.2, 0.25) is 0 Å². The van der Waals surface area contributed by atoms with E-state index >= 15 is 0 Å². The lowest BCUT2D eigenvalue weighted by atomic mass is 9.98. The molecular formula is C28H24O4. The summed E-state index contributed by atoms with van der Waals surface area (Å²) in [5, 5.41) is 17.5. The molecule has 4 aromatic carbocycles. The van der Waals surface area contributed by atoms with Crippen molar-refractivity contribution >= 4 is 11.9 Å². The van der Waals surface area contributed by atoms with Gasteiger partial charge in [0.05, 0.1) is 12.8 Å². The van der Waals surface area contributed by atoms with Gasteiger partial charge in [-0.1, -0.05) is 109 Å². The summed E-state index contributed by atoms with van der Waals surface area (Å²) in [7, 11) is 0. The van der Waals surface area contributed by atoms with Crippen molar-refractivity contribution in [3.63, 3.8) is 0 Å². The van der Waals surface area contributed by atoms with Crippen LogP contribution in [-0.4, -0.2) is 22.2 Å². The third-order valence-corrected chi connectivity index (χ3v) is 4.86. The van der Waals surface area contributed by atoms with Crippen LogP contribution in [0.2, 0.25) is 0 Å². The second-order valence-corrected chi connectivity index (χ2v) is 7.23. The highest BCUT2D eigenvalue weighted by Crippen LogP contribution is 2.23. The maximum atomic E-state index is 10.8. The Morgan fingerprint density at radius 1 is 0.500 bits per heavy atom. The summed E-state index contributed by atoms with van der Waals surface area (Å²) in [6.07, 6.45) is 0.139. The van der Waals surface area contributed by atoms with E-state index in [2.05, 4.69) is 0 Å². The molecule has 0 saturated heterocycles. The van der Waals surface area contributed by atoms with Crippen molar-refractivity contribution in [2.24, 2.45) is 0 Å². The van der Waals surface area contributed by atoms with Crippen molar-refractivity contribution in [1.29, 1.82) is 0 Å². The van der Waals surface area contributed by atoms with Gasteiger partial charge >= 0.3 is 11.9 Å². The fourth-order valence-electron chi connectivity index (χ4n) is 3.36. The van der Waals surface area contributed by atoms with Gasteiger partial charge in [-0.05, 0) is 33.4 Å². The Balaban J connectivity index is 0.000000181. The van der Waals surface area contributed by atoms with Crippen molar-refractivity contribution in [2.45, 2.75) is 12.8 Å². The number of hydrogen-bond donors (Lipinski definition) is 2. The third kappa shape index (κ3) is 6.67. The van der Waals surface area contributed by atoms with Crippen LogP contribution in [0.5, 0.6) is 0 Å². The Labute approximate surface area is 187 Å². The minimum Gasteiger partial charge on any atom is -0.481 e. The lowest BCUT2D eigenvalue weighted by Gasteiger charge is -2.07. The van der Waals surface area contributed by atoms with Crippen molar-refractivity contribution in [2.75, 3.05) is 0 Å². The van der Waals surface area contributed by atoms with Crippen LogP contribution in [0.4, 0.5) is 0 Å². The maximum Gasteiger partial charge on any atom is 0.307 e. The predicted octanol–water partition coefficient (Wildman–Crippen LogP) is 5.96. The molecule has 4 heteroatoms. The minimum absolute atomic E-state index is 0.0606. The molecule has 2 N–H and O–H groups in total. The standard InChI is InChI=1S/2C14H12O2/c15-14(16)10-12-8-4-5-9-13(12)11-6-2-1-3-7-11;15-14(16)10-11-6-8-13(9-7-11)12-4-2-1-3-5-12/h2*1-9H,10H2,(H,15,16). The molecule has 32 heavy (non-hydrogen) atoms. The molecule has 160 valence electrons. The van der Waals surface area contributed by atoms with Crippen molar-refractivity contribution in [3.8, 4) is 22.3 Å². The number of carbonyl (C=O) groups is 2. The van der Waals surface area contributed by atoms with Gasteiger partial charge in [0.15, 0.2) is 0 Å². The molecule has 4 aromatic rings. The lowest BCUT2D eigenvalue weighted by Crippen LogP contribution is -2.01. The number of carboxylic acid groups (broad SMARTS) is 2. The smallest absolute Gasteiger partial charge is 0.307 e. The van der Waals surface area contributed by atoms with Crippen LogP contribution in [0.1, 0.15) is 11.1 Å². The first-order chi connectivity index (χ1) is 15.5. The van der Waals surface area contributed by atoms with Crippen molar-refractivity contribution in [3.05, 3.63) is 120 Å². The fourth-order valence-corrected chi connectivity index (χ4v) is 3.36. The quantitative estimate of drug-likeness (QED) is 0.400. The molecule has 0 radical (unpaired) electrons. The average Bonchev–Trinajstić information content (AvgIpc) is 2.81. The lowest BCUT2D eigenvalue weighted by molar-refractivity contribution is -0.137. The van der Waals surface area contributed by atoms with Gasteiger partial charge in [-0.25, -0.2) is 0 Å². The number of carboxylic acids is 2. The summed E-state index contributed by atoms with van der Waals surface area (Å²) in [6, 6.07) is 35.1. The average molecular weight is 424 g/mol. The SMILES string of the molecule is O=C(O)Cc1ccc(-c2ccccc2)cc1.O=C(O)Cc1ccccc1-c1ccccc1. The summed E-state index contributed by atoms with van der Waals surface area (Å²) in [6.45, 7) is 0. The Kier molecular flexibility index (Phi) is 7.93. The Morgan fingerprint density at radius 3 is 1.53 bits per heavy atom. The molecule has 0 bridgehead atoms. The van der Waals surface area contributed by atoms with Crippen LogP contribution >= 0.6 is 0 Å². The third-order valence-electron chi connectivity index (χ3n) is 4.86. The van der Waals surface area contributed by atoms with E-state index in [4.69, 9.17) is 10.2 Å². The summed E-state index contributed by atoms with van der Waals surface area (Å²) >= 11 is 0. The summed E-state index contributed by atoms with van der Waals surface area (Å²) in [4.78, 5) is 21.3. The first-order valence-corrected chi connectivity index (χ1v) is 10.2. The molecule has 0 saturated carbocycles. The first kappa shape index (κ1) is 22.5. The van der Waals surface area contributed by atoms with Crippen molar-refractivity contribution < 1.29 is 19.8 Å². The zero-order valence-electron chi connectivity index (χ0n) is 17.5. The van der Waals surface area contributed by atoms with Gasteiger partial charge in [0, 0.05) is 0 Å². The molecule has 0 aliphatic carbocycles. The Morgan fingerprint density at radius 2 is 0.969 bits per heavy atom. The molecule has 4 nitrogen and oxygen atoms in total. The van der Waals surface area contributed by atoms with Crippen LogP contribution in [0.15, 0.2) is 109 Å². The van der Waals surface area contributed by atoms with Gasteiger partial charge in [-0.15, -0.1) is 0 Å². The topological polar surface area (TPSA) is 74.6 Å². The van der Waals surface area contributed by atoms with E-state index < -0.39 is 11.9 Å². The highest BCUT2D eigenvalue weighted by atomic mass is 16.4. The summed E-state index contributed by atoms with van der Waals surface area (Å²) < 4.78 is 0. The molecule has 0 heterocycles. The van der Waals surface area contributed by atoms with E-state index in [-0.39, 0.29) is 12.8 Å². The van der Waals surface area contributed by atoms with E-state index in [1.165, 1.54) is 0 Å². The zero-order chi connectivity index (χ0) is 22.8. The maximum absolute atomic E-state index is 10.8. The molecule has 0 unspecified atom stereocenters. The molecule has 0 aromatic heterocycles.